The van der Waals surface area contributed by atoms with Crippen LogP contribution in [0.15, 0.2) is 47.4 Å². The molecular weight excluding hydrogens is 458 g/mol. The Balaban J connectivity index is 2.03. The molecule has 31 heavy (non-hydrogen) atoms. The van der Waals surface area contributed by atoms with Crippen molar-refractivity contribution in [3.8, 4) is 0 Å². The summed E-state index contributed by atoms with van der Waals surface area (Å²) < 4.78 is 27.7. The van der Waals surface area contributed by atoms with E-state index in [2.05, 4.69) is 15.4 Å². The molecule has 0 saturated carbocycles. The van der Waals surface area contributed by atoms with Gasteiger partial charge in [0, 0.05) is 10.7 Å². The fourth-order valence-electron chi connectivity index (χ4n) is 2.83. The normalized spacial score (nSPS) is 12.3. The molecule has 0 bridgehead atoms. The summed E-state index contributed by atoms with van der Waals surface area (Å²) in [7, 11) is -3.93. The van der Waals surface area contributed by atoms with Gasteiger partial charge < -0.3 is 10.6 Å². The summed E-state index contributed by atoms with van der Waals surface area (Å²) in [6.45, 7) is 3.49. The second-order valence-electron chi connectivity index (χ2n) is 6.94. The zero-order chi connectivity index (χ0) is 23.0. The molecular formula is C21H26ClN3O4S2. The molecule has 3 N–H and O–H groups in total. The van der Waals surface area contributed by atoms with Gasteiger partial charge in [0.2, 0.25) is 21.8 Å². The van der Waals surface area contributed by atoms with Gasteiger partial charge in [0.1, 0.15) is 6.04 Å². The second-order valence-corrected chi connectivity index (χ2v) is 10.1. The largest absolute Gasteiger partial charge is 0.346 e. The molecule has 0 aliphatic heterocycles. The van der Waals surface area contributed by atoms with Gasteiger partial charge in [-0.05, 0) is 67.7 Å². The number of anilines is 1. The summed E-state index contributed by atoms with van der Waals surface area (Å²) in [5.41, 5.74) is 2.52. The maximum atomic E-state index is 12.7. The average Bonchev–Trinajstić information content (AvgIpc) is 2.72. The molecule has 168 valence electrons. The lowest BCUT2D eigenvalue weighted by atomic mass is 10.1. The quantitative estimate of drug-likeness (QED) is 0.481. The Labute approximate surface area is 192 Å². The molecule has 1 atom stereocenters. The van der Waals surface area contributed by atoms with E-state index in [0.29, 0.717) is 16.5 Å². The maximum absolute atomic E-state index is 12.7. The minimum atomic E-state index is -3.93. The fourth-order valence-corrected chi connectivity index (χ4v) is 4.66. The highest BCUT2D eigenvalue weighted by atomic mass is 35.5. The molecule has 0 aliphatic carbocycles. The van der Waals surface area contributed by atoms with Crippen LogP contribution in [-0.4, -0.2) is 44.8 Å². The van der Waals surface area contributed by atoms with Crippen molar-refractivity contribution in [2.45, 2.75) is 31.2 Å². The number of para-hydroxylation sites is 1. The minimum absolute atomic E-state index is 0.00613. The molecule has 2 aromatic carbocycles. The van der Waals surface area contributed by atoms with Crippen LogP contribution in [0.5, 0.6) is 0 Å². The van der Waals surface area contributed by atoms with Crippen molar-refractivity contribution < 1.29 is 18.0 Å². The van der Waals surface area contributed by atoms with E-state index >= 15 is 0 Å². The highest BCUT2D eigenvalue weighted by molar-refractivity contribution is 7.98. The van der Waals surface area contributed by atoms with Gasteiger partial charge in [-0.25, -0.2) is 8.42 Å². The molecule has 1 unspecified atom stereocenters. The lowest BCUT2D eigenvalue weighted by Crippen LogP contribution is -2.48. The molecule has 7 nitrogen and oxygen atoms in total. The Bertz CT molecular complexity index is 1010. The molecule has 0 heterocycles. The Hall–Kier alpha value is -2.07. The van der Waals surface area contributed by atoms with Crippen LogP contribution in [0.2, 0.25) is 5.02 Å². The summed E-state index contributed by atoms with van der Waals surface area (Å²) in [5.74, 6) is -0.395. The summed E-state index contributed by atoms with van der Waals surface area (Å²) in [5, 5.41) is 5.72. The minimum Gasteiger partial charge on any atom is -0.346 e. The van der Waals surface area contributed by atoms with E-state index in [1.54, 1.807) is 0 Å². The number of halogens is 1. The Morgan fingerprint density at radius 3 is 2.26 bits per heavy atom. The Morgan fingerprint density at radius 1 is 1.06 bits per heavy atom. The molecule has 2 amide bonds. The molecule has 0 saturated heterocycles. The standard InChI is InChI=1S/C21H26ClN3O4S2/c1-14-5-4-6-15(2)20(14)24-19(26)13-23-21(27)18(11-12-30-3)25-31(28,29)17-9-7-16(22)8-10-17/h4-10,18,25H,11-13H2,1-3H3,(H,23,27)(H,24,26). The predicted molar refractivity (Wildman–Crippen MR) is 126 cm³/mol. The van der Waals surface area contributed by atoms with Gasteiger partial charge in [0.15, 0.2) is 0 Å². The van der Waals surface area contributed by atoms with E-state index in [1.165, 1.54) is 36.0 Å². The van der Waals surface area contributed by atoms with Gasteiger partial charge in [-0.15, -0.1) is 0 Å². The second kappa shape index (κ2) is 11.5. The van der Waals surface area contributed by atoms with Crippen LogP contribution in [0.3, 0.4) is 0 Å². The molecule has 0 aliphatic rings. The smallest absolute Gasteiger partial charge is 0.243 e. The first-order valence-electron chi connectivity index (χ1n) is 9.54. The summed E-state index contributed by atoms with van der Waals surface area (Å²) in [6.07, 6.45) is 2.14. The van der Waals surface area contributed by atoms with E-state index in [9.17, 15) is 18.0 Å². The number of carbonyl (C=O) groups is 2. The van der Waals surface area contributed by atoms with Crippen molar-refractivity contribution in [1.29, 1.82) is 0 Å². The van der Waals surface area contributed by atoms with Gasteiger partial charge in [0.05, 0.1) is 11.4 Å². The number of hydrogen-bond donors (Lipinski definition) is 3. The third-order valence-electron chi connectivity index (χ3n) is 4.52. The number of nitrogens with one attached hydrogen (secondary N) is 3. The number of amides is 2. The zero-order valence-electron chi connectivity index (χ0n) is 17.6. The van der Waals surface area contributed by atoms with Crippen molar-refractivity contribution in [2.24, 2.45) is 0 Å². The maximum Gasteiger partial charge on any atom is 0.243 e. The number of carbonyl (C=O) groups excluding carboxylic acids is 2. The SMILES string of the molecule is CSCCC(NS(=O)(=O)c1ccc(Cl)cc1)C(=O)NCC(=O)Nc1c(C)cccc1C. The number of rotatable bonds is 10. The van der Waals surface area contributed by atoms with Crippen molar-refractivity contribution >= 4 is 50.9 Å². The summed E-state index contributed by atoms with van der Waals surface area (Å²) in [4.78, 5) is 25.0. The van der Waals surface area contributed by atoms with Gasteiger partial charge in [-0.3, -0.25) is 9.59 Å². The third-order valence-corrected chi connectivity index (χ3v) is 6.90. The fraction of sp³-hybridized carbons (Fsp3) is 0.333. The molecule has 10 heteroatoms. The zero-order valence-corrected chi connectivity index (χ0v) is 20.0. The van der Waals surface area contributed by atoms with Crippen molar-refractivity contribution in [3.63, 3.8) is 0 Å². The number of sulfonamides is 1. The number of aryl methyl sites for hydroxylation is 2. The highest BCUT2D eigenvalue weighted by Gasteiger charge is 2.26. The first kappa shape index (κ1) is 25.2. The highest BCUT2D eigenvalue weighted by Crippen LogP contribution is 2.19. The van der Waals surface area contributed by atoms with Crippen LogP contribution >= 0.6 is 23.4 Å². The van der Waals surface area contributed by atoms with Gasteiger partial charge in [-0.1, -0.05) is 29.8 Å². The lowest BCUT2D eigenvalue weighted by molar-refractivity contribution is -0.125. The van der Waals surface area contributed by atoms with E-state index in [-0.39, 0.29) is 17.9 Å². The molecule has 0 fully saturated rings. The van der Waals surface area contributed by atoms with E-state index in [1.807, 2.05) is 38.3 Å². The molecule has 0 aromatic heterocycles. The molecule has 2 rings (SSSR count). The van der Waals surface area contributed by atoms with Crippen LogP contribution in [0.25, 0.3) is 0 Å². The van der Waals surface area contributed by atoms with Crippen LogP contribution in [0.4, 0.5) is 5.69 Å². The van der Waals surface area contributed by atoms with Crippen molar-refractivity contribution in [1.82, 2.24) is 10.0 Å². The van der Waals surface area contributed by atoms with Crippen LogP contribution in [-0.2, 0) is 19.6 Å². The van der Waals surface area contributed by atoms with E-state index in [4.69, 9.17) is 11.6 Å². The van der Waals surface area contributed by atoms with Gasteiger partial charge in [0.25, 0.3) is 0 Å². The van der Waals surface area contributed by atoms with Crippen LogP contribution in [0, 0.1) is 13.8 Å². The first-order chi connectivity index (χ1) is 14.6. The summed E-state index contributed by atoms with van der Waals surface area (Å²) in [6, 6.07) is 10.3. The molecule has 0 radical (unpaired) electrons. The van der Waals surface area contributed by atoms with Crippen LogP contribution in [0.1, 0.15) is 17.5 Å². The van der Waals surface area contributed by atoms with Gasteiger partial charge >= 0.3 is 0 Å². The first-order valence-corrected chi connectivity index (χ1v) is 12.8. The Morgan fingerprint density at radius 2 is 1.68 bits per heavy atom. The number of hydrogen-bond acceptors (Lipinski definition) is 5. The molecule has 0 spiro atoms. The number of thioether (sulfide) groups is 1. The topological polar surface area (TPSA) is 104 Å². The van der Waals surface area contributed by atoms with E-state index in [0.717, 1.165) is 11.1 Å². The average molecular weight is 484 g/mol. The van der Waals surface area contributed by atoms with E-state index < -0.39 is 27.9 Å². The lowest BCUT2D eigenvalue weighted by Gasteiger charge is -2.18. The third kappa shape index (κ3) is 7.53. The van der Waals surface area contributed by atoms with Crippen molar-refractivity contribution in [3.05, 3.63) is 58.6 Å². The Kier molecular flexibility index (Phi) is 9.36. The van der Waals surface area contributed by atoms with Crippen molar-refractivity contribution in [2.75, 3.05) is 23.9 Å². The van der Waals surface area contributed by atoms with Crippen LogP contribution < -0.4 is 15.4 Å². The summed E-state index contributed by atoms with van der Waals surface area (Å²) >= 11 is 7.30. The molecule has 2 aromatic rings. The monoisotopic (exact) mass is 483 g/mol. The predicted octanol–water partition coefficient (Wildman–Crippen LogP) is 3.11. The van der Waals surface area contributed by atoms with Gasteiger partial charge in [-0.2, -0.15) is 16.5 Å². The number of benzene rings is 2.